The summed E-state index contributed by atoms with van der Waals surface area (Å²) in [4.78, 5) is 30.6. The van der Waals surface area contributed by atoms with Gasteiger partial charge in [-0.25, -0.2) is 0 Å². The Hall–Kier alpha value is -3.48. The van der Waals surface area contributed by atoms with Crippen LogP contribution >= 0.6 is 0 Å². The van der Waals surface area contributed by atoms with Crippen molar-refractivity contribution in [2.75, 3.05) is 47.5 Å². The second-order valence-electron chi connectivity index (χ2n) is 11.4. The minimum absolute atomic E-state index is 0.0445. The van der Waals surface area contributed by atoms with Crippen molar-refractivity contribution < 1.29 is 23.8 Å². The van der Waals surface area contributed by atoms with Gasteiger partial charge >= 0.3 is 0 Å². The average Bonchev–Trinajstić information content (AvgIpc) is 3.56. The van der Waals surface area contributed by atoms with Crippen LogP contribution < -0.4 is 14.2 Å². The predicted octanol–water partition coefficient (Wildman–Crippen LogP) is 4.76. The molecule has 5 rings (SSSR count). The fourth-order valence-corrected chi connectivity index (χ4v) is 6.63. The maximum absolute atomic E-state index is 13.4. The number of hydrogen-bond acceptors (Lipinski definition) is 5. The Morgan fingerprint density at radius 3 is 2.03 bits per heavy atom. The van der Waals surface area contributed by atoms with E-state index in [1.54, 1.807) is 27.4 Å². The fraction of sp³-hybridized carbons (Fsp3) is 0.500. The number of hydrogen-bond donors (Lipinski definition) is 0. The van der Waals surface area contributed by atoms with Crippen LogP contribution in [0.25, 0.3) is 6.08 Å². The van der Waals surface area contributed by atoms with Crippen molar-refractivity contribution in [3.63, 3.8) is 0 Å². The first-order valence-electron chi connectivity index (χ1n) is 14.0. The molecule has 0 bridgehead atoms. The third kappa shape index (κ3) is 5.63. The van der Waals surface area contributed by atoms with Crippen LogP contribution in [0, 0.1) is 11.3 Å². The summed E-state index contributed by atoms with van der Waals surface area (Å²) in [5, 5.41) is 0. The Labute approximate surface area is 231 Å². The molecule has 2 aliphatic heterocycles. The summed E-state index contributed by atoms with van der Waals surface area (Å²) in [5.41, 5.74) is 4.34. The molecule has 0 aromatic heterocycles. The standard InChI is InChI=1S/C32H40N2O5/c1-22(15-26-19-28(38-3)29(39-4)20-27(26)37-2)31(36)34-14-11-32(21-34)9-12-33(13-10-32)30(35)18-23-16-24-7-5-6-8-25(24)17-23/h5-8,15,19-20,23H,9-14,16-18,21H2,1-4H3/b22-15+. The van der Waals surface area contributed by atoms with E-state index in [4.69, 9.17) is 14.2 Å². The Kier molecular flexibility index (Phi) is 7.87. The quantitative estimate of drug-likeness (QED) is 0.481. The lowest BCUT2D eigenvalue weighted by Gasteiger charge is -2.39. The smallest absolute Gasteiger partial charge is 0.249 e. The third-order valence-electron chi connectivity index (χ3n) is 8.95. The number of carbonyl (C=O) groups excluding carboxylic acids is 2. The zero-order valence-electron chi connectivity index (χ0n) is 23.6. The van der Waals surface area contributed by atoms with Crippen LogP contribution in [0.4, 0.5) is 0 Å². The summed E-state index contributed by atoms with van der Waals surface area (Å²) in [5.74, 6) is 2.54. The fourth-order valence-electron chi connectivity index (χ4n) is 6.63. The zero-order chi connectivity index (χ0) is 27.6. The number of nitrogens with zero attached hydrogens (tertiary/aromatic N) is 2. The van der Waals surface area contributed by atoms with Crippen LogP contribution in [0.5, 0.6) is 17.2 Å². The van der Waals surface area contributed by atoms with E-state index < -0.39 is 0 Å². The molecule has 2 aromatic carbocycles. The molecule has 2 amide bonds. The number of benzene rings is 2. The second-order valence-corrected chi connectivity index (χ2v) is 11.4. The highest BCUT2D eigenvalue weighted by Crippen LogP contribution is 2.42. The summed E-state index contributed by atoms with van der Waals surface area (Å²) in [6, 6.07) is 12.2. The summed E-state index contributed by atoms with van der Waals surface area (Å²) in [6.07, 6.45) is 7.43. The van der Waals surface area contributed by atoms with Gasteiger partial charge in [-0.1, -0.05) is 24.3 Å². The van der Waals surface area contributed by atoms with Crippen LogP contribution in [0.3, 0.4) is 0 Å². The molecule has 0 saturated carbocycles. The van der Waals surface area contributed by atoms with E-state index in [2.05, 4.69) is 29.2 Å². The molecule has 3 aliphatic rings. The van der Waals surface area contributed by atoms with E-state index in [0.29, 0.717) is 35.2 Å². The molecule has 0 radical (unpaired) electrons. The average molecular weight is 533 g/mol. The van der Waals surface area contributed by atoms with E-state index in [-0.39, 0.29) is 17.2 Å². The van der Waals surface area contributed by atoms with Crippen LogP contribution in [-0.4, -0.2) is 69.1 Å². The van der Waals surface area contributed by atoms with E-state index in [0.717, 1.165) is 63.8 Å². The highest BCUT2D eigenvalue weighted by Gasteiger charge is 2.43. The van der Waals surface area contributed by atoms with Crippen molar-refractivity contribution in [2.45, 2.75) is 45.4 Å². The molecular formula is C32H40N2O5. The monoisotopic (exact) mass is 532 g/mol. The summed E-state index contributed by atoms with van der Waals surface area (Å²) in [7, 11) is 4.77. The van der Waals surface area contributed by atoms with Gasteiger partial charge in [0.15, 0.2) is 11.5 Å². The van der Waals surface area contributed by atoms with Gasteiger partial charge in [-0.3, -0.25) is 9.59 Å². The van der Waals surface area contributed by atoms with E-state index in [1.165, 1.54) is 11.1 Å². The van der Waals surface area contributed by atoms with Crippen molar-refractivity contribution >= 4 is 17.9 Å². The number of rotatable bonds is 7. The first-order valence-corrected chi connectivity index (χ1v) is 14.0. The molecule has 2 fully saturated rings. The van der Waals surface area contributed by atoms with Crippen molar-refractivity contribution in [3.8, 4) is 17.2 Å². The van der Waals surface area contributed by atoms with Crippen molar-refractivity contribution in [3.05, 3.63) is 58.7 Å². The lowest BCUT2D eigenvalue weighted by Crippen LogP contribution is -2.45. The van der Waals surface area contributed by atoms with Gasteiger partial charge in [0.05, 0.1) is 21.3 Å². The number of carbonyl (C=O) groups is 2. The summed E-state index contributed by atoms with van der Waals surface area (Å²) in [6.45, 7) is 4.93. The SMILES string of the molecule is COc1cc(OC)c(OC)cc1/C=C(\C)C(=O)N1CCC2(CCN(C(=O)CC3Cc4ccccc4C3)CC2)C1. The van der Waals surface area contributed by atoms with Gasteiger partial charge in [0, 0.05) is 49.8 Å². The topological polar surface area (TPSA) is 68.3 Å². The minimum atomic E-state index is 0.0445. The molecule has 0 atom stereocenters. The molecule has 208 valence electrons. The highest BCUT2D eigenvalue weighted by molar-refractivity contribution is 5.98. The number of ether oxygens (including phenoxy) is 3. The highest BCUT2D eigenvalue weighted by atomic mass is 16.5. The Morgan fingerprint density at radius 2 is 1.44 bits per heavy atom. The lowest BCUT2D eigenvalue weighted by atomic mass is 9.77. The first-order chi connectivity index (χ1) is 18.8. The molecule has 2 saturated heterocycles. The number of fused-ring (bicyclic) bond motifs is 1. The maximum atomic E-state index is 13.4. The molecule has 2 heterocycles. The zero-order valence-corrected chi connectivity index (χ0v) is 23.6. The van der Waals surface area contributed by atoms with Gasteiger partial charge in [0.25, 0.3) is 0 Å². The Bertz CT molecular complexity index is 1240. The van der Waals surface area contributed by atoms with Gasteiger partial charge in [-0.15, -0.1) is 0 Å². The molecule has 0 unspecified atom stereocenters. The Morgan fingerprint density at radius 1 is 0.872 bits per heavy atom. The first kappa shape index (κ1) is 27.1. The van der Waals surface area contributed by atoms with Crippen LogP contribution in [0.15, 0.2) is 42.0 Å². The van der Waals surface area contributed by atoms with Gasteiger partial charge in [-0.05, 0) is 73.6 Å². The summed E-state index contributed by atoms with van der Waals surface area (Å²) < 4.78 is 16.3. The molecule has 1 aliphatic carbocycles. The lowest BCUT2D eigenvalue weighted by molar-refractivity contribution is -0.135. The number of amides is 2. The largest absolute Gasteiger partial charge is 0.496 e. The molecule has 7 nitrogen and oxygen atoms in total. The normalized spacial score (nSPS) is 18.8. The van der Waals surface area contributed by atoms with Crippen LogP contribution in [0.1, 0.15) is 49.3 Å². The number of likely N-dealkylation sites (tertiary alicyclic amines) is 2. The van der Waals surface area contributed by atoms with Gasteiger partial charge in [-0.2, -0.15) is 0 Å². The molecule has 0 N–H and O–H groups in total. The van der Waals surface area contributed by atoms with Crippen molar-refractivity contribution in [1.29, 1.82) is 0 Å². The van der Waals surface area contributed by atoms with E-state index in [1.807, 2.05) is 24.0 Å². The second kappa shape index (κ2) is 11.3. The van der Waals surface area contributed by atoms with Crippen LogP contribution in [-0.2, 0) is 22.4 Å². The number of methoxy groups -OCH3 is 3. The summed E-state index contributed by atoms with van der Waals surface area (Å²) >= 11 is 0. The molecule has 7 heteroatoms. The molecular weight excluding hydrogens is 492 g/mol. The van der Waals surface area contributed by atoms with Crippen LogP contribution in [0.2, 0.25) is 0 Å². The molecule has 39 heavy (non-hydrogen) atoms. The molecule has 1 spiro atoms. The minimum Gasteiger partial charge on any atom is -0.496 e. The van der Waals surface area contributed by atoms with Gasteiger partial charge in [0.2, 0.25) is 11.8 Å². The van der Waals surface area contributed by atoms with Crippen molar-refractivity contribution in [1.82, 2.24) is 9.80 Å². The van der Waals surface area contributed by atoms with E-state index >= 15 is 0 Å². The maximum Gasteiger partial charge on any atom is 0.249 e. The van der Waals surface area contributed by atoms with E-state index in [9.17, 15) is 9.59 Å². The number of piperidine rings is 1. The van der Waals surface area contributed by atoms with Gasteiger partial charge in [0.1, 0.15) is 5.75 Å². The van der Waals surface area contributed by atoms with Crippen molar-refractivity contribution in [2.24, 2.45) is 11.3 Å². The predicted molar refractivity (Wildman–Crippen MR) is 151 cm³/mol. The molecule has 2 aromatic rings. The third-order valence-corrected chi connectivity index (χ3v) is 8.95. The Balaban J connectivity index is 1.16. The van der Waals surface area contributed by atoms with Gasteiger partial charge < -0.3 is 24.0 Å².